The Kier molecular flexibility index (Phi) is 5.09. The maximum atomic E-state index is 11.3. The summed E-state index contributed by atoms with van der Waals surface area (Å²) in [7, 11) is 0. The molecule has 1 rings (SSSR count). The highest BCUT2D eigenvalue weighted by atomic mass is 16.6. The highest BCUT2D eigenvalue weighted by Gasteiger charge is 2.28. The monoisotopic (exact) mass is 242 g/mol. The van der Waals surface area contributed by atoms with Crippen LogP contribution in [0.2, 0.25) is 0 Å². The van der Waals surface area contributed by atoms with Crippen molar-refractivity contribution in [2.75, 3.05) is 13.2 Å². The van der Waals surface area contributed by atoms with Crippen molar-refractivity contribution >= 4 is 17.7 Å². The predicted molar refractivity (Wildman–Crippen MR) is 59.5 cm³/mol. The average molecular weight is 242 g/mol. The van der Waals surface area contributed by atoms with Gasteiger partial charge in [-0.1, -0.05) is 13.8 Å². The van der Waals surface area contributed by atoms with Gasteiger partial charge in [-0.05, 0) is 5.92 Å². The number of rotatable bonds is 6. The minimum atomic E-state index is -0.321. The summed E-state index contributed by atoms with van der Waals surface area (Å²) in [5, 5.41) is 0. The highest BCUT2D eigenvalue weighted by Crippen LogP contribution is 2.11. The second-order valence-electron chi connectivity index (χ2n) is 4.42. The van der Waals surface area contributed by atoms with E-state index in [1.807, 2.05) is 13.8 Å². The molecule has 1 N–H and O–H groups in total. The first-order valence-electron chi connectivity index (χ1n) is 5.74. The van der Waals surface area contributed by atoms with E-state index in [1.165, 1.54) is 0 Å². The molecule has 0 aromatic carbocycles. The van der Waals surface area contributed by atoms with Crippen LogP contribution in [0.25, 0.3) is 0 Å². The molecule has 6 nitrogen and oxygen atoms in total. The molecule has 96 valence electrons. The molecule has 0 unspecified atom stereocenters. The number of nitrogens with zero attached hydrogens (tertiary/aromatic N) is 1. The summed E-state index contributed by atoms with van der Waals surface area (Å²) in [4.78, 5) is 39.9. The molecule has 0 atom stereocenters. The standard InChI is InChI=1S/C11H18N2O4/c1-8(2)7-17-12-9(14)5-6-13-10(15)3-4-11(13)16/h8H,3-7H2,1-2H3,(H,12,14). The second-order valence-corrected chi connectivity index (χ2v) is 4.42. The van der Waals surface area contributed by atoms with Crippen LogP contribution >= 0.6 is 0 Å². The number of hydrogen-bond donors (Lipinski definition) is 1. The lowest BCUT2D eigenvalue weighted by Gasteiger charge is -2.13. The van der Waals surface area contributed by atoms with E-state index < -0.39 is 0 Å². The van der Waals surface area contributed by atoms with Gasteiger partial charge in [0.25, 0.3) is 0 Å². The Balaban J connectivity index is 2.19. The van der Waals surface area contributed by atoms with Crippen molar-refractivity contribution in [3.63, 3.8) is 0 Å². The van der Waals surface area contributed by atoms with Crippen LogP contribution < -0.4 is 5.48 Å². The lowest BCUT2D eigenvalue weighted by Crippen LogP contribution is -2.34. The normalized spacial score (nSPS) is 15.8. The van der Waals surface area contributed by atoms with Crippen molar-refractivity contribution in [2.45, 2.75) is 33.1 Å². The van der Waals surface area contributed by atoms with Gasteiger partial charge >= 0.3 is 0 Å². The molecular weight excluding hydrogens is 224 g/mol. The van der Waals surface area contributed by atoms with Gasteiger partial charge in [0.05, 0.1) is 6.61 Å². The fourth-order valence-electron chi connectivity index (χ4n) is 1.43. The molecule has 0 bridgehead atoms. The third-order valence-corrected chi connectivity index (χ3v) is 2.32. The van der Waals surface area contributed by atoms with Crippen LogP contribution in [-0.2, 0) is 19.2 Å². The van der Waals surface area contributed by atoms with E-state index in [2.05, 4.69) is 5.48 Å². The minimum absolute atomic E-state index is 0.0789. The smallest absolute Gasteiger partial charge is 0.245 e. The van der Waals surface area contributed by atoms with E-state index >= 15 is 0 Å². The first kappa shape index (κ1) is 13.6. The summed E-state index contributed by atoms with van der Waals surface area (Å²) < 4.78 is 0. The zero-order chi connectivity index (χ0) is 12.8. The summed E-state index contributed by atoms with van der Waals surface area (Å²) in [5.41, 5.74) is 2.28. The van der Waals surface area contributed by atoms with Gasteiger partial charge < -0.3 is 0 Å². The molecule has 0 saturated carbocycles. The Bertz CT molecular complexity index is 299. The fraction of sp³-hybridized carbons (Fsp3) is 0.727. The number of carbonyl (C=O) groups excluding carboxylic acids is 3. The number of likely N-dealkylation sites (tertiary alicyclic amines) is 1. The third kappa shape index (κ3) is 4.52. The number of imide groups is 1. The fourth-order valence-corrected chi connectivity index (χ4v) is 1.43. The van der Waals surface area contributed by atoms with Crippen LogP contribution in [0.4, 0.5) is 0 Å². The molecule has 1 aliphatic heterocycles. The molecule has 0 aliphatic carbocycles. The van der Waals surface area contributed by atoms with Crippen LogP contribution in [0.15, 0.2) is 0 Å². The van der Waals surface area contributed by atoms with Gasteiger partial charge in [0, 0.05) is 25.8 Å². The van der Waals surface area contributed by atoms with Gasteiger partial charge in [-0.3, -0.25) is 24.1 Å². The van der Waals surface area contributed by atoms with Crippen LogP contribution in [0.5, 0.6) is 0 Å². The van der Waals surface area contributed by atoms with E-state index in [4.69, 9.17) is 4.84 Å². The van der Waals surface area contributed by atoms with Crippen LogP contribution in [0.1, 0.15) is 33.1 Å². The SMILES string of the molecule is CC(C)CONC(=O)CCN1C(=O)CCC1=O. The van der Waals surface area contributed by atoms with Crippen molar-refractivity contribution in [1.29, 1.82) is 0 Å². The summed E-state index contributed by atoms with van der Waals surface area (Å²) in [6, 6.07) is 0. The Morgan fingerprint density at radius 1 is 1.35 bits per heavy atom. The summed E-state index contributed by atoms with van der Waals surface area (Å²) in [5.74, 6) is -0.396. The minimum Gasteiger partial charge on any atom is -0.282 e. The first-order valence-corrected chi connectivity index (χ1v) is 5.74. The number of carbonyl (C=O) groups is 3. The van der Waals surface area contributed by atoms with Crippen molar-refractivity contribution in [1.82, 2.24) is 10.4 Å². The summed E-state index contributed by atoms with van der Waals surface area (Å²) >= 11 is 0. The predicted octanol–water partition coefficient (Wildman–Crippen LogP) is 0.229. The molecule has 0 aromatic rings. The molecule has 0 radical (unpaired) electrons. The van der Waals surface area contributed by atoms with Crippen LogP contribution in [0, 0.1) is 5.92 Å². The molecule has 1 fully saturated rings. The maximum absolute atomic E-state index is 11.3. The number of amides is 3. The largest absolute Gasteiger partial charge is 0.282 e. The number of hydrogen-bond acceptors (Lipinski definition) is 4. The van der Waals surface area contributed by atoms with Crippen molar-refractivity contribution in [2.24, 2.45) is 5.92 Å². The van der Waals surface area contributed by atoms with E-state index in [0.717, 1.165) is 4.90 Å². The second kappa shape index (κ2) is 6.34. The van der Waals surface area contributed by atoms with E-state index in [-0.39, 0.29) is 43.5 Å². The maximum Gasteiger partial charge on any atom is 0.245 e. The molecule has 3 amide bonds. The van der Waals surface area contributed by atoms with Crippen molar-refractivity contribution in [3.8, 4) is 0 Å². The summed E-state index contributed by atoms with van der Waals surface area (Å²) in [6.07, 6.45) is 0.587. The summed E-state index contributed by atoms with van der Waals surface area (Å²) in [6.45, 7) is 4.50. The van der Waals surface area contributed by atoms with E-state index in [9.17, 15) is 14.4 Å². The van der Waals surface area contributed by atoms with Gasteiger partial charge in [-0.15, -0.1) is 0 Å². The molecule has 1 saturated heterocycles. The van der Waals surface area contributed by atoms with Crippen molar-refractivity contribution < 1.29 is 19.2 Å². The lowest BCUT2D eigenvalue weighted by atomic mass is 10.2. The van der Waals surface area contributed by atoms with Gasteiger partial charge in [-0.2, -0.15) is 0 Å². The van der Waals surface area contributed by atoms with Gasteiger partial charge in [0.1, 0.15) is 0 Å². The number of nitrogens with one attached hydrogen (secondary N) is 1. The molecule has 1 aliphatic rings. The van der Waals surface area contributed by atoms with Crippen LogP contribution in [-0.4, -0.2) is 35.8 Å². The van der Waals surface area contributed by atoms with E-state index in [1.54, 1.807) is 0 Å². The quantitative estimate of drug-likeness (QED) is 0.534. The molecule has 0 spiro atoms. The Hall–Kier alpha value is -1.43. The van der Waals surface area contributed by atoms with Crippen LogP contribution in [0.3, 0.4) is 0 Å². The van der Waals surface area contributed by atoms with Gasteiger partial charge in [0.15, 0.2) is 0 Å². The molecule has 1 heterocycles. The Morgan fingerprint density at radius 3 is 2.47 bits per heavy atom. The van der Waals surface area contributed by atoms with E-state index in [0.29, 0.717) is 12.5 Å². The van der Waals surface area contributed by atoms with Gasteiger partial charge in [0.2, 0.25) is 17.7 Å². The zero-order valence-corrected chi connectivity index (χ0v) is 10.2. The Labute approximate surface area is 100 Å². The molecule has 17 heavy (non-hydrogen) atoms. The third-order valence-electron chi connectivity index (χ3n) is 2.32. The van der Waals surface area contributed by atoms with Gasteiger partial charge in [-0.25, -0.2) is 5.48 Å². The molecule has 6 heteroatoms. The highest BCUT2D eigenvalue weighted by molar-refractivity contribution is 6.02. The first-order chi connectivity index (χ1) is 8.00. The Morgan fingerprint density at radius 2 is 1.94 bits per heavy atom. The zero-order valence-electron chi connectivity index (χ0n) is 10.2. The topological polar surface area (TPSA) is 75.7 Å². The lowest BCUT2D eigenvalue weighted by molar-refractivity contribution is -0.140. The molecule has 0 aromatic heterocycles. The average Bonchev–Trinajstić information content (AvgIpc) is 2.55. The molecular formula is C11H18N2O4. The van der Waals surface area contributed by atoms with Crippen molar-refractivity contribution in [3.05, 3.63) is 0 Å². The number of hydroxylamine groups is 1.